The van der Waals surface area contributed by atoms with Gasteiger partial charge in [-0.25, -0.2) is 0 Å². The van der Waals surface area contributed by atoms with E-state index in [1.54, 1.807) is 17.9 Å². The van der Waals surface area contributed by atoms with Gasteiger partial charge in [-0.1, -0.05) is 13.8 Å². The zero-order valence-corrected chi connectivity index (χ0v) is 9.27. The molecule has 0 radical (unpaired) electrons. The number of rotatable bonds is 5. The lowest BCUT2D eigenvalue weighted by Gasteiger charge is -2.10. The SMILES string of the molecule is CNC(Cn1cc(C(C)C)cn1)C(=O)O. The fourth-order valence-corrected chi connectivity index (χ4v) is 1.26. The fourth-order valence-electron chi connectivity index (χ4n) is 1.26. The Balaban J connectivity index is 2.67. The molecule has 0 saturated heterocycles. The van der Waals surface area contributed by atoms with Crippen molar-refractivity contribution in [3.8, 4) is 0 Å². The molecular weight excluding hydrogens is 194 g/mol. The minimum atomic E-state index is -0.862. The predicted octanol–water partition coefficient (Wildman–Crippen LogP) is 0.679. The molecule has 0 aromatic carbocycles. The molecule has 0 fully saturated rings. The normalized spacial score (nSPS) is 13.1. The van der Waals surface area contributed by atoms with Gasteiger partial charge in [0.25, 0.3) is 0 Å². The molecule has 84 valence electrons. The maximum Gasteiger partial charge on any atom is 0.322 e. The first-order chi connectivity index (χ1) is 7.04. The van der Waals surface area contributed by atoms with Crippen LogP contribution in [0.1, 0.15) is 25.3 Å². The quantitative estimate of drug-likeness (QED) is 0.751. The first kappa shape index (κ1) is 11.7. The second-order valence-corrected chi connectivity index (χ2v) is 3.83. The van der Waals surface area contributed by atoms with Gasteiger partial charge in [0.05, 0.1) is 12.7 Å². The molecule has 1 atom stereocenters. The Morgan fingerprint density at radius 3 is 2.73 bits per heavy atom. The summed E-state index contributed by atoms with van der Waals surface area (Å²) in [4.78, 5) is 10.8. The molecular formula is C10H17N3O2. The van der Waals surface area contributed by atoms with Crippen molar-refractivity contribution in [3.63, 3.8) is 0 Å². The van der Waals surface area contributed by atoms with Gasteiger partial charge in [-0.2, -0.15) is 5.10 Å². The van der Waals surface area contributed by atoms with E-state index in [0.29, 0.717) is 12.5 Å². The molecule has 1 heterocycles. The predicted molar refractivity (Wildman–Crippen MR) is 56.8 cm³/mol. The van der Waals surface area contributed by atoms with E-state index in [1.807, 2.05) is 6.20 Å². The van der Waals surface area contributed by atoms with Crippen molar-refractivity contribution < 1.29 is 9.90 Å². The van der Waals surface area contributed by atoms with Crippen LogP contribution in [-0.4, -0.2) is 33.9 Å². The van der Waals surface area contributed by atoms with Crippen molar-refractivity contribution in [2.75, 3.05) is 7.05 Å². The Bertz CT molecular complexity index is 333. The number of likely N-dealkylation sites (N-methyl/N-ethyl adjacent to an activating group) is 1. The Morgan fingerprint density at radius 1 is 1.67 bits per heavy atom. The molecule has 1 unspecified atom stereocenters. The van der Waals surface area contributed by atoms with E-state index in [2.05, 4.69) is 24.3 Å². The van der Waals surface area contributed by atoms with Crippen LogP contribution in [0, 0.1) is 0 Å². The Labute approximate surface area is 89.1 Å². The highest BCUT2D eigenvalue weighted by molar-refractivity contribution is 5.73. The Morgan fingerprint density at radius 2 is 2.33 bits per heavy atom. The third-order valence-corrected chi connectivity index (χ3v) is 2.34. The van der Waals surface area contributed by atoms with Gasteiger partial charge in [0.15, 0.2) is 0 Å². The monoisotopic (exact) mass is 211 g/mol. The van der Waals surface area contributed by atoms with Crippen LogP contribution < -0.4 is 5.32 Å². The topological polar surface area (TPSA) is 67.2 Å². The minimum absolute atomic E-state index is 0.346. The van der Waals surface area contributed by atoms with Crippen LogP contribution in [0.3, 0.4) is 0 Å². The molecule has 0 saturated carbocycles. The van der Waals surface area contributed by atoms with Crippen molar-refractivity contribution >= 4 is 5.97 Å². The van der Waals surface area contributed by atoms with Crippen LogP contribution in [0.4, 0.5) is 0 Å². The summed E-state index contributed by atoms with van der Waals surface area (Å²) in [6.07, 6.45) is 3.66. The largest absolute Gasteiger partial charge is 0.480 e. The number of aliphatic carboxylic acids is 1. The van der Waals surface area contributed by atoms with Crippen LogP contribution >= 0.6 is 0 Å². The highest BCUT2D eigenvalue weighted by atomic mass is 16.4. The summed E-state index contributed by atoms with van der Waals surface area (Å²) in [5, 5.41) is 15.7. The second kappa shape index (κ2) is 4.93. The standard InChI is InChI=1S/C10H17N3O2/c1-7(2)8-4-12-13(5-8)6-9(11-3)10(14)15/h4-5,7,9,11H,6H2,1-3H3,(H,14,15). The number of carbonyl (C=O) groups is 1. The smallest absolute Gasteiger partial charge is 0.322 e. The van der Waals surface area contributed by atoms with E-state index < -0.39 is 12.0 Å². The van der Waals surface area contributed by atoms with E-state index in [9.17, 15) is 4.79 Å². The van der Waals surface area contributed by atoms with E-state index >= 15 is 0 Å². The molecule has 0 bridgehead atoms. The van der Waals surface area contributed by atoms with E-state index in [0.717, 1.165) is 5.56 Å². The van der Waals surface area contributed by atoms with E-state index in [4.69, 9.17) is 5.11 Å². The van der Waals surface area contributed by atoms with Gasteiger partial charge < -0.3 is 10.4 Å². The first-order valence-electron chi connectivity index (χ1n) is 4.97. The number of hydrogen-bond donors (Lipinski definition) is 2. The zero-order chi connectivity index (χ0) is 11.4. The molecule has 1 rings (SSSR count). The highest BCUT2D eigenvalue weighted by Crippen LogP contribution is 2.12. The van der Waals surface area contributed by atoms with Crippen LogP contribution in [0.2, 0.25) is 0 Å². The average Bonchev–Trinajstić information content (AvgIpc) is 2.61. The third kappa shape index (κ3) is 3.06. The average molecular weight is 211 g/mol. The number of hydrogen-bond acceptors (Lipinski definition) is 3. The van der Waals surface area contributed by atoms with Crippen LogP contribution in [0.15, 0.2) is 12.4 Å². The number of nitrogens with one attached hydrogen (secondary N) is 1. The fraction of sp³-hybridized carbons (Fsp3) is 0.600. The molecule has 0 spiro atoms. The van der Waals surface area contributed by atoms with Crippen molar-refractivity contribution in [2.24, 2.45) is 0 Å². The molecule has 5 nitrogen and oxygen atoms in total. The van der Waals surface area contributed by atoms with Crippen molar-refractivity contribution in [1.29, 1.82) is 0 Å². The highest BCUT2D eigenvalue weighted by Gasteiger charge is 2.16. The van der Waals surface area contributed by atoms with Gasteiger partial charge >= 0.3 is 5.97 Å². The van der Waals surface area contributed by atoms with Crippen molar-refractivity contribution in [2.45, 2.75) is 32.4 Å². The molecule has 1 aromatic rings. The van der Waals surface area contributed by atoms with E-state index in [-0.39, 0.29) is 0 Å². The lowest BCUT2D eigenvalue weighted by molar-refractivity contribution is -0.139. The lowest BCUT2D eigenvalue weighted by Crippen LogP contribution is -2.37. The minimum Gasteiger partial charge on any atom is -0.480 e. The van der Waals surface area contributed by atoms with Crippen LogP contribution in [-0.2, 0) is 11.3 Å². The molecule has 1 aromatic heterocycles. The zero-order valence-electron chi connectivity index (χ0n) is 9.27. The van der Waals surface area contributed by atoms with Gasteiger partial charge in [0.1, 0.15) is 6.04 Å². The number of aromatic nitrogens is 2. The number of nitrogens with zero attached hydrogens (tertiary/aromatic N) is 2. The number of carboxylic acids is 1. The molecule has 5 heteroatoms. The molecule has 0 amide bonds. The Kier molecular flexibility index (Phi) is 3.85. The van der Waals surface area contributed by atoms with Gasteiger partial charge in [-0.05, 0) is 18.5 Å². The van der Waals surface area contributed by atoms with Crippen molar-refractivity contribution in [1.82, 2.24) is 15.1 Å². The maximum atomic E-state index is 10.8. The third-order valence-electron chi connectivity index (χ3n) is 2.34. The second-order valence-electron chi connectivity index (χ2n) is 3.83. The van der Waals surface area contributed by atoms with Gasteiger partial charge in [0, 0.05) is 6.20 Å². The molecule has 0 aliphatic heterocycles. The lowest BCUT2D eigenvalue weighted by atomic mass is 10.1. The molecule has 0 aliphatic carbocycles. The van der Waals surface area contributed by atoms with Crippen molar-refractivity contribution in [3.05, 3.63) is 18.0 Å². The Hall–Kier alpha value is -1.36. The summed E-state index contributed by atoms with van der Waals surface area (Å²) >= 11 is 0. The summed E-state index contributed by atoms with van der Waals surface area (Å²) < 4.78 is 1.66. The number of carboxylic acid groups (broad SMARTS) is 1. The van der Waals surface area contributed by atoms with Crippen LogP contribution in [0.25, 0.3) is 0 Å². The summed E-state index contributed by atoms with van der Waals surface area (Å²) in [5.41, 5.74) is 1.12. The molecule has 0 aliphatic rings. The summed E-state index contributed by atoms with van der Waals surface area (Å²) in [6.45, 7) is 4.50. The summed E-state index contributed by atoms with van der Waals surface area (Å²) in [5.74, 6) is -0.448. The molecule has 15 heavy (non-hydrogen) atoms. The molecule has 2 N–H and O–H groups in total. The van der Waals surface area contributed by atoms with Gasteiger partial charge in [0.2, 0.25) is 0 Å². The summed E-state index contributed by atoms with van der Waals surface area (Å²) in [6, 6.07) is -0.593. The van der Waals surface area contributed by atoms with E-state index in [1.165, 1.54) is 0 Å². The van der Waals surface area contributed by atoms with Gasteiger partial charge in [-0.3, -0.25) is 9.48 Å². The maximum absolute atomic E-state index is 10.8. The van der Waals surface area contributed by atoms with Gasteiger partial charge in [-0.15, -0.1) is 0 Å². The van der Waals surface area contributed by atoms with Crippen LogP contribution in [0.5, 0.6) is 0 Å². The summed E-state index contributed by atoms with van der Waals surface area (Å²) in [7, 11) is 1.63. The first-order valence-corrected chi connectivity index (χ1v) is 4.97.